The number of sulfonamides is 1. The number of carbonyl (C=O) groups excluding carboxylic acids is 1. The molecule has 4 rings (SSSR count). The maximum atomic E-state index is 13.0. The van der Waals surface area contributed by atoms with E-state index in [0.717, 1.165) is 24.3 Å². The number of nitrogens with one attached hydrogen (secondary N) is 1. The zero-order chi connectivity index (χ0) is 23.8. The van der Waals surface area contributed by atoms with Gasteiger partial charge in [-0.2, -0.15) is 0 Å². The molecule has 33 heavy (non-hydrogen) atoms. The van der Waals surface area contributed by atoms with E-state index in [1.807, 2.05) is 0 Å². The Morgan fingerprint density at radius 3 is 2.33 bits per heavy atom. The number of aromatic hydroxyl groups is 1. The second kappa shape index (κ2) is 8.40. The molecule has 0 fully saturated rings. The van der Waals surface area contributed by atoms with E-state index in [0.29, 0.717) is 5.39 Å². The van der Waals surface area contributed by atoms with Crippen LogP contribution in [0.3, 0.4) is 0 Å². The van der Waals surface area contributed by atoms with Crippen LogP contribution in [0.25, 0.3) is 11.0 Å². The van der Waals surface area contributed by atoms with Crippen LogP contribution in [0.5, 0.6) is 11.5 Å². The van der Waals surface area contributed by atoms with Crippen LogP contribution in [0.2, 0.25) is 0 Å². The largest absolute Gasteiger partial charge is 0.504 e. The summed E-state index contributed by atoms with van der Waals surface area (Å²) in [4.78, 5) is 25.1. The van der Waals surface area contributed by atoms with Crippen molar-refractivity contribution in [3.8, 4) is 11.5 Å². The third-order valence-corrected chi connectivity index (χ3v) is 6.20. The standard InChI is InChI=1S/C23H16FNO7S/c1-31-21-11-14-10-18(23(28)32-20(14)12-19(21)26)22(27)13-2-6-16(7-3-13)25-33(29,30)17-8-4-15(24)5-9-17/h2-12,25-26H,1H3. The van der Waals surface area contributed by atoms with Crippen molar-refractivity contribution in [1.82, 2.24) is 0 Å². The van der Waals surface area contributed by atoms with Crippen molar-refractivity contribution in [2.45, 2.75) is 4.90 Å². The van der Waals surface area contributed by atoms with Gasteiger partial charge in [0.1, 0.15) is 17.0 Å². The summed E-state index contributed by atoms with van der Waals surface area (Å²) < 4.78 is 50.4. The van der Waals surface area contributed by atoms with Gasteiger partial charge in [-0.15, -0.1) is 0 Å². The van der Waals surface area contributed by atoms with E-state index in [1.165, 1.54) is 49.6 Å². The fraction of sp³-hybridized carbons (Fsp3) is 0.0435. The van der Waals surface area contributed by atoms with Crippen LogP contribution in [-0.4, -0.2) is 26.4 Å². The summed E-state index contributed by atoms with van der Waals surface area (Å²) in [6.45, 7) is 0. The minimum Gasteiger partial charge on any atom is -0.504 e. The lowest BCUT2D eigenvalue weighted by Crippen LogP contribution is -2.15. The second-order valence-corrected chi connectivity index (χ2v) is 8.66. The van der Waals surface area contributed by atoms with E-state index in [4.69, 9.17) is 9.15 Å². The number of phenols is 1. The quantitative estimate of drug-likeness (QED) is 0.326. The van der Waals surface area contributed by atoms with Crippen molar-refractivity contribution >= 4 is 32.5 Å². The van der Waals surface area contributed by atoms with E-state index >= 15 is 0 Å². The van der Waals surface area contributed by atoms with Crippen molar-refractivity contribution in [1.29, 1.82) is 0 Å². The second-order valence-electron chi connectivity index (χ2n) is 6.98. The van der Waals surface area contributed by atoms with Gasteiger partial charge < -0.3 is 14.3 Å². The van der Waals surface area contributed by atoms with Crippen molar-refractivity contribution in [3.05, 3.63) is 94.1 Å². The third-order valence-electron chi connectivity index (χ3n) is 4.80. The Kier molecular flexibility index (Phi) is 5.60. The molecule has 1 heterocycles. The number of carbonyl (C=O) groups is 1. The van der Waals surface area contributed by atoms with Crippen molar-refractivity contribution in [3.63, 3.8) is 0 Å². The number of anilines is 1. The molecule has 0 spiro atoms. The van der Waals surface area contributed by atoms with Crippen LogP contribution in [0.4, 0.5) is 10.1 Å². The highest BCUT2D eigenvalue weighted by molar-refractivity contribution is 7.92. The van der Waals surface area contributed by atoms with Crippen LogP contribution in [0, 0.1) is 5.82 Å². The molecule has 0 aliphatic rings. The SMILES string of the molecule is COc1cc2cc(C(=O)c3ccc(NS(=O)(=O)c4ccc(F)cc4)cc3)c(=O)oc2cc1O. The highest BCUT2D eigenvalue weighted by Crippen LogP contribution is 2.31. The number of ether oxygens (including phenoxy) is 1. The number of ketones is 1. The number of phenolic OH excluding ortho intramolecular Hbond substituents is 1. The molecular formula is C23H16FNO7S. The van der Waals surface area contributed by atoms with Gasteiger partial charge in [0, 0.05) is 22.7 Å². The van der Waals surface area contributed by atoms with E-state index in [9.17, 15) is 27.5 Å². The maximum Gasteiger partial charge on any atom is 0.347 e. The highest BCUT2D eigenvalue weighted by Gasteiger charge is 2.18. The Labute approximate surface area is 186 Å². The Hall–Kier alpha value is -4.18. The Balaban J connectivity index is 1.61. The zero-order valence-corrected chi connectivity index (χ0v) is 17.9. The van der Waals surface area contributed by atoms with Gasteiger partial charge in [0.2, 0.25) is 0 Å². The average Bonchev–Trinajstić information content (AvgIpc) is 2.78. The smallest absolute Gasteiger partial charge is 0.347 e. The average molecular weight is 469 g/mol. The number of fused-ring (bicyclic) bond motifs is 1. The van der Waals surface area contributed by atoms with E-state index in [1.54, 1.807) is 0 Å². The molecule has 10 heteroatoms. The molecule has 0 amide bonds. The minimum absolute atomic E-state index is 0.0837. The molecule has 0 aliphatic heterocycles. The van der Waals surface area contributed by atoms with Gasteiger partial charge in [0.15, 0.2) is 17.3 Å². The predicted octanol–water partition coefficient (Wildman–Crippen LogP) is 3.68. The molecule has 1 aromatic heterocycles. The molecule has 8 nitrogen and oxygen atoms in total. The van der Waals surface area contributed by atoms with Gasteiger partial charge in [0.25, 0.3) is 10.0 Å². The molecule has 4 aromatic rings. The van der Waals surface area contributed by atoms with E-state index in [2.05, 4.69) is 4.72 Å². The van der Waals surface area contributed by atoms with Crippen molar-refractivity contribution in [2.75, 3.05) is 11.8 Å². The molecule has 0 atom stereocenters. The fourth-order valence-electron chi connectivity index (χ4n) is 3.13. The number of halogens is 1. The zero-order valence-electron chi connectivity index (χ0n) is 17.0. The van der Waals surface area contributed by atoms with Crippen LogP contribution >= 0.6 is 0 Å². The number of methoxy groups -OCH3 is 1. The summed E-state index contributed by atoms with van der Waals surface area (Å²) in [7, 11) is -2.60. The van der Waals surface area contributed by atoms with Crippen LogP contribution in [-0.2, 0) is 10.0 Å². The number of rotatable bonds is 6. The van der Waals surface area contributed by atoms with Gasteiger partial charge in [0.05, 0.1) is 12.0 Å². The maximum absolute atomic E-state index is 13.0. The molecule has 2 N–H and O–H groups in total. The summed E-state index contributed by atoms with van der Waals surface area (Å²) in [6.07, 6.45) is 0. The molecule has 168 valence electrons. The van der Waals surface area contributed by atoms with Gasteiger partial charge >= 0.3 is 5.63 Å². The van der Waals surface area contributed by atoms with Crippen LogP contribution in [0.1, 0.15) is 15.9 Å². The lowest BCUT2D eigenvalue weighted by atomic mass is 10.0. The minimum atomic E-state index is -3.96. The van der Waals surface area contributed by atoms with Crippen LogP contribution < -0.4 is 15.1 Å². The molecule has 0 saturated carbocycles. The highest BCUT2D eigenvalue weighted by atomic mass is 32.2. The third kappa shape index (κ3) is 4.41. The Morgan fingerprint density at radius 2 is 1.70 bits per heavy atom. The van der Waals surface area contributed by atoms with Crippen LogP contribution in [0.15, 0.2) is 80.8 Å². The van der Waals surface area contributed by atoms with Gasteiger partial charge in [-0.05, 0) is 60.7 Å². The summed E-state index contributed by atoms with van der Waals surface area (Å²) in [5.41, 5.74) is -0.757. The predicted molar refractivity (Wildman–Crippen MR) is 118 cm³/mol. The van der Waals surface area contributed by atoms with Crippen molar-refractivity contribution < 1.29 is 31.9 Å². The summed E-state index contributed by atoms with van der Waals surface area (Å²) >= 11 is 0. The van der Waals surface area contributed by atoms with Crippen molar-refractivity contribution in [2.24, 2.45) is 0 Å². The number of benzene rings is 3. The molecular weight excluding hydrogens is 453 g/mol. The molecule has 0 bridgehead atoms. The van der Waals surface area contributed by atoms with Gasteiger partial charge in [-0.3, -0.25) is 9.52 Å². The first-order valence-corrected chi connectivity index (χ1v) is 10.9. The normalized spacial score (nSPS) is 11.3. The van der Waals surface area contributed by atoms with E-state index in [-0.39, 0.29) is 38.8 Å². The summed E-state index contributed by atoms with van der Waals surface area (Å²) in [6, 6.07) is 13.7. The molecule has 0 saturated heterocycles. The lowest BCUT2D eigenvalue weighted by Gasteiger charge is -2.09. The molecule has 3 aromatic carbocycles. The first-order chi connectivity index (χ1) is 15.7. The molecule has 0 aliphatic carbocycles. The Bertz CT molecular complexity index is 1530. The fourth-order valence-corrected chi connectivity index (χ4v) is 4.19. The number of hydrogen-bond acceptors (Lipinski definition) is 7. The first-order valence-electron chi connectivity index (χ1n) is 9.46. The summed E-state index contributed by atoms with van der Waals surface area (Å²) in [5, 5.41) is 10.2. The van der Waals surface area contributed by atoms with Gasteiger partial charge in [-0.25, -0.2) is 17.6 Å². The number of hydrogen-bond donors (Lipinski definition) is 2. The molecule has 0 unspecified atom stereocenters. The van der Waals surface area contributed by atoms with Gasteiger partial charge in [-0.1, -0.05) is 0 Å². The lowest BCUT2D eigenvalue weighted by molar-refractivity contribution is 0.103. The van der Waals surface area contributed by atoms with E-state index < -0.39 is 27.2 Å². The first kappa shape index (κ1) is 22.0. The molecule has 0 radical (unpaired) electrons. The summed E-state index contributed by atoms with van der Waals surface area (Å²) in [5.74, 6) is -1.27. The Morgan fingerprint density at radius 1 is 1.03 bits per heavy atom. The monoisotopic (exact) mass is 469 g/mol. The topological polar surface area (TPSA) is 123 Å².